The topological polar surface area (TPSA) is 54.9 Å². The zero-order valence-electron chi connectivity index (χ0n) is 16.3. The lowest BCUT2D eigenvalue weighted by Gasteiger charge is -2.28. The van der Waals surface area contributed by atoms with Crippen LogP contribution < -0.4 is 0 Å². The largest absolute Gasteiger partial charge is 0.443 e. The van der Waals surface area contributed by atoms with Gasteiger partial charge in [0.05, 0.1) is 31.9 Å². The van der Waals surface area contributed by atoms with E-state index in [9.17, 15) is 18.0 Å². The number of aromatic nitrogens is 1. The van der Waals surface area contributed by atoms with E-state index in [4.69, 9.17) is 9.47 Å². The SMILES string of the molecule is O=C1OC(CN2CCOCC2)CN1Cc1cncc(-c2ccc(F)c(C(F)F)c2)c1. The minimum absolute atomic E-state index is 0.211. The summed E-state index contributed by atoms with van der Waals surface area (Å²) in [7, 11) is 0. The van der Waals surface area contributed by atoms with E-state index < -0.39 is 17.8 Å². The Kier molecular flexibility index (Phi) is 6.19. The molecule has 9 heteroatoms. The molecule has 2 aliphatic rings. The molecule has 1 amide bonds. The van der Waals surface area contributed by atoms with Crippen molar-refractivity contribution in [2.45, 2.75) is 19.1 Å². The molecule has 2 aromatic rings. The minimum atomic E-state index is -2.90. The minimum Gasteiger partial charge on any atom is -0.443 e. The number of halogens is 3. The number of cyclic esters (lactones) is 1. The van der Waals surface area contributed by atoms with Crippen molar-refractivity contribution in [2.24, 2.45) is 0 Å². The van der Waals surface area contributed by atoms with Gasteiger partial charge in [0.15, 0.2) is 0 Å². The Balaban J connectivity index is 1.43. The van der Waals surface area contributed by atoms with Crippen molar-refractivity contribution < 1.29 is 27.4 Å². The second-order valence-corrected chi connectivity index (χ2v) is 7.42. The summed E-state index contributed by atoms with van der Waals surface area (Å²) in [5.74, 6) is -0.941. The number of rotatable bonds is 6. The molecule has 3 heterocycles. The van der Waals surface area contributed by atoms with Gasteiger partial charge in [0.1, 0.15) is 11.9 Å². The Labute approximate surface area is 172 Å². The molecule has 4 rings (SSSR count). The van der Waals surface area contributed by atoms with E-state index in [1.54, 1.807) is 17.2 Å². The van der Waals surface area contributed by atoms with Crippen LogP contribution in [0.1, 0.15) is 17.6 Å². The maximum Gasteiger partial charge on any atom is 0.410 e. The Morgan fingerprint density at radius 2 is 1.93 bits per heavy atom. The summed E-state index contributed by atoms with van der Waals surface area (Å²) in [6.07, 6.45) is -0.360. The summed E-state index contributed by atoms with van der Waals surface area (Å²) in [6.45, 7) is 4.42. The third-order valence-electron chi connectivity index (χ3n) is 5.25. The smallest absolute Gasteiger partial charge is 0.410 e. The highest BCUT2D eigenvalue weighted by molar-refractivity contribution is 5.70. The lowest BCUT2D eigenvalue weighted by Crippen LogP contribution is -2.42. The lowest BCUT2D eigenvalue weighted by molar-refractivity contribution is 0.0188. The van der Waals surface area contributed by atoms with Gasteiger partial charge >= 0.3 is 6.09 Å². The molecular weight excluding hydrogens is 399 g/mol. The van der Waals surface area contributed by atoms with Crippen molar-refractivity contribution in [3.05, 3.63) is 53.6 Å². The molecule has 0 radical (unpaired) electrons. The molecule has 1 atom stereocenters. The van der Waals surface area contributed by atoms with Gasteiger partial charge < -0.3 is 14.4 Å². The molecule has 2 aliphatic heterocycles. The van der Waals surface area contributed by atoms with Gasteiger partial charge in [-0.2, -0.15) is 0 Å². The summed E-state index contributed by atoms with van der Waals surface area (Å²) in [5.41, 5.74) is 1.11. The first-order chi connectivity index (χ1) is 14.5. The second kappa shape index (κ2) is 9.01. The van der Waals surface area contributed by atoms with Gasteiger partial charge in [-0.25, -0.2) is 18.0 Å². The van der Waals surface area contributed by atoms with Crippen molar-refractivity contribution in [3.63, 3.8) is 0 Å². The number of carbonyl (C=O) groups is 1. The monoisotopic (exact) mass is 421 g/mol. The second-order valence-electron chi connectivity index (χ2n) is 7.42. The summed E-state index contributed by atoms with van der Waals surface area (Å²) in [5, 5.41) is 0. The van der Waals surface area contributed by atoms with E-state index in [0.29, 0.717) is 44.0 Å². The average Bonchev–Trinajstić information content (AvgIpc) is 3.07. The van der Waals surface area contributed by atoms with Gasteiger partial charge in [0, 0.05) is 37.6 Å². The van der Waals surface area contributed by atoms with Crippen molar-refractivity contribution in [3.8, 4) is 11.1 Å². The van der Waals surface area contributed by atoms with E-state index in [2.05, 4.69) is 9.88 Å². The number of benzene rings is 1. The van der Waals surface area contributed by atoms with Crippen LogP contribution in [-0.2, 0) is 16.0 Å². The summed E-state index contributed by atoms with van der Waals surface area (Å²) >= 11 is 0. The van der Waals surface area contributed by atoms with Crippen molar-refractivity contribution in [1.82, 2.24) is 14.8 Å². The molecule has 0 aliphatic carbocycles. The zero-order valence-corrected chi connectivity index (χ0v) is 16.3. The maximum atomic E-state index is 13.6. The first-order valence-corrected chi connectivity index (χ1v) is 9.77. The van der Waals surface area contributed by atoms with Crippen LogP contribution in [0.5, 0.6) is 0 Å². The molecule has 2 saturated heterocycles. The Hall–Kier alpha value is -2.65. The third-order valence-corrected chi connectivity index (χ3v) is 5.25. The molecule has 1 aromatic heterocycles. The molecular formula is C21H22F3N3O3. The van der Waals surface area contributed by atoms with Gasteiger partial charge in [-0.15, -0.1) is 0 Å². The average molecular weight is 421 g/mol. The predicted octanol–water partition coefficient (Wildman–Crippen LogP) is 3.48. The van der Waals surface area contributed by atoms with Crippen LogP contribution >= 0.6 is 0 Å². The van der Waals surface area contributed by atoms with E-state index >= 15 is 0 Å². The van der Waals surface area contributed by atoms with Crippen LogP contribution in [0, 0.1) is 5.82 Å². The van der Waals surface area contributed by atoms with Crippen LogP contribution in [0.4, 0.5) is 18.0 Å². The summed E-state index contributed by atoms with van der Waals surface area (Å²) in [6, 6.07) is 5.35. The van der Waals surface area contributed by atoms with Crippen LogP contribution in [0.3, 0.4) is 0 Å². The molecule has 160 valence electrons. The number of ether oxygens (including phenoxy) is 2. The molecule has 1 unspecified atom stereocenters. The van der Waals surface area contributed by atoms with E-state index in [1.165, 1.54) is 12.3 Å². The first-order valence-electron chi connectivity index (χ1n) is 9.77. The number of morpholine rings is 1. The van der Waals surface area contributed by atoms with Crippen molar-refractivity contribution in [1.29, 1.82) is 0 Å². The molecule has 0 bridgehead atoms. The third kappa shape index (κ3) is 4.73. The molecule has 6 nitrogen and oxygen atoms in total. The molecule has 0 spiro atoms. The Morgan fingerprint density at radius 1 is 1.13 bits per heavy atom. The summed E-state index contributed by atoms with van der Waals surface area (Å²) < 4.78 is 50.4. The van der Waals surface area contributed by atoms with Crippen molar-refractivity contribution >= 4 is 6.09 Å². The number of alkyl halides is 2. The molecule has 2 fully saturated rings. The molecule has 30 heavy (non-hydrogen) atoms. The fourth-order valence-electron chi connectivity index (χ4n) is 3.71. The lowest BCUT2D eigenvalue weighted by atomic mass is 10.0. The van der Waals surface area contributed by atoms with E-state index in [0.717, 1.165) is 30.8 Å². The Morgan fingerprint density at radius 3 is 2.70 bits per heavy atom. The van der Waals surface area contributed by atoms with Crippen LogP contribution in [-0.4, -0.2) is 66.4 Å². The van der Waals surface area contributed by atoms with Crippen LogP contribution in [0.2, 0.25) is 0 Å². The van der Waals surface area contributed by atoms with E-state index in [-0.39, 0.29) is 12.2 Å². The standard InChI is InChI=1S/C21H22F3N3O3/c22-19-2-1-15(8-18(19)20(23)24)16-7-14(9-25-10-16)11-27-13-17(30-21(27)28)12-26-3-5-29-6-4-26/h1-2,7-10,17,20H,3-6,11-13H2. The number of hydrogen-bond donors (Lipinski definition) is 0. The Bertz CT molecular complexity index is 906. The first kappa shape index (κ1) is 20.6. The fourth-order valence-corrected chi connectivity index (χ4v) is 3.71. The number of pyridine rings is 1. The fraction of sp³-hybridized carbons (Fsp3) is 0.429. The van der Waals surface area contributed by atoms with E-state index in [1.807, 2.05) is 0 Å². The van der Waals surface area contributed by atoms with Gasteiger partial charge in [-0.3, -0.25) is 9.88 Å². The molecule has 1 aromatic carbocycles. The normalized spacial score (nSPS) is 20.1. The maximum absolute atomic E-state index is 13.6. The molecule has 0 N–H and O–H groups in total. The molecule has 0 saturated carbocycles. The van der Waals surface area contributed by atoms with Crippen molar-refractivity contribution in [2.75, 3.05) is 39.4 Å². The predicted molar refractivity (Wildman–Crippen MR) is 103 cm³/mol. The highest BCUT2D eigenvalue weighted by atomic mass is 19.3. The number of nitrogens with zero attached hydrogens (tertiary/aromatic N) is 3. The summed E-state index contributed by atoms with van der Waals surface area (Å²) in [4.78, 5) is 20.2. The quantitative estimate of drug-likeness (QED) is 0.715. The van der Waals surface area contributed by atoms with Gasteiger partial charge in [0.25, 0.3) is 6.43 Å². The highest BCUT2D eigenvalue weighted by Crippen LogP contribution is 2.28. The highest BCUT2D eigenvalue weighted by Gasteiger charge is 2.32. The number of hydrogen-bond acceptors (Lipinski definition) is 5. The van der Waals surface area contributed by atoms with Crippen LogP contribution in [0.15, 0.2) is 36.7 Å². The van der Waals surface area contributed by atoms with Gasteiger partial charge in [-0.1, -0.05) is 6.07 Å². The number of carbonyl (C=O) groups excluding carboxylic acids is 1. The van der Waals surface area contributed by atoms with Gasteiger partial charge in [-0.05, 0) is 29.3 Å². The number of amides is 1. The van der Waals surface area contributed by atoms with Crippen LogP contribution in [0.25, 0.3) is 11.1 Å². The van der Waals surface area contributed by atoms with Gasteiger partial charge in [0.2, 0.25) is 0 Å². The zero-order chi connectivity index (χ0) is 21.1.